The van der Waals surface area contributed by atoms with Gasteiger partial charge in [-0.25, -0.2) is 9.97 Å². The molecular formula is C30H28BrF9N6. The zero-order chi connectivity index (χ0) is 33.7. The lowest BCUT2D eigenvalue weighted by Crippen LogP contribution is -2.57. The Balaban J connectivity index is 1.56. The van der Waals surface area contributed by atoms with Crippen molar-refractivity contribution in [3.63, 3.8) is 0 Å². The second-order valence-electron chi connectivity index (χ2n) is 11.3. The highest BCUT2D eigenvalue weighted by Gasteiger charge is 2.59. The number of anilines is 1. The quantitative estimate of drug-likeness (QED) is 0.183. The summed E-state index contributed by atoms with van der Waals surface area (Å²) in [4.78, 5) is 11.9. The highest BCUT2D eigenvalue weighted by molar-refractivity contribution is 9.10. The topological polar surface area (TPSA) is 50.1 Å². The molecule has 1 saturated heterocycles. The number of rotatable bonds is 7. The number of benzene rings is 1. The fourth-order valence-electron chi connectivity index (χ4n) is 5.96. The molecule has 1 aliphatic heterocycles. The van der Waals surface area contributed by atoms with Crippen LogP contribution in [-0.2, 0) is 25.9 Å². The smallest absolute Gasteiger partial charge is 0.332 e. The number of allylic oxidation sites excluding steroid dienone is 2. The number of alkyl halides is 10. The summed E-state index contributed by atoms with van der Waals surface area (Å²) in [5, 5.41) is 4.09. The van der Waals surface area contributed by atoms with Gasteiger partial charge < -0.3 is 4.90 Å². The van der Waals surface area contributed by atoms with Crippen molar-refractivity contribution in [1.82, 2.24) is 24.6 Å². The van der Waals surface area contributed by atoms with E-state index in [1.165, 1.54) is 35.5 Å². The average Bonchev–Trinajstić information content (AvgIpc) is 3.61. The van der Waals surface area contributed by atoms with Gasteiger partial charge >= 0.3 is 18.5 Å². The van der Waals surface area contributed by atoms with E-state index >= 15 is 0 Å². The van der Waals surface area contributed by atoms with Gasteiger partial charge in [0.15, 0.2) is 4.32 Å². The molecule has 5 rings (SSSR count). The van der Waals surface area contributed by atoms with Gasteiger partial charge in [-0.05, 0) is 36.6 Å². The standard InChI is InChI=1S/C30H28BrF9N6/c1-3-23-11-24(17-45(23)25-6-4-5-7-27(25,31)30(38,39)40)46(26-41-12-19(13-42-26)20-14-43-44(2)16-20)15-18-8-21(28(32,33)34)10-22(9-18)29(35,36)37/h4-10,12-14,16,23-25H,3,11,15,17H2,1-2H3/t23-,24+,25?,27?/m1/s1. The van der Waals surface area contributed by atoms with E-state index in [1.807, 2.05) is 0 Å². The van der Waals surface area contributed by atoms with E-state index in [2.05, 4.69) is 31.0 Å². The van der Waals surface area contributed by atoms with Gasteiger partial charge in [0, 0.05) is 61.9 Å². The number of aryl methyl sites for hydroxylation is 1. The van der Waals surface area contributed by atoms with E-state index in [-0.39, 0.29) is 30.5 Å². The van der Waals surface area contributed by atoms with E-state index in [9.17, 15) is 39.5 Å². The molecule has 46 heavy (non-hydrogen) atoms. The van der Waals surface area contributed by atoms with Crippen molar-refractivity contribution in [3.05, 3.63) is 84.0 Å². The number of likely N-dealkylation sites (tertiary alicyclic amines) is 1. The van der Waals surface area contributed by atoms with E-state index in [4.69, 9.17) is 0 Å². The monoisotopic (exact) mass is 722 g/mol. The fraction of sp³-hybridized carbons (Fsp3) is 0.433. The molecule has 1 fully saturated rings. The maximum atomic E-state index is 14.3. The SMILES string of the molecule is CC[C@@H]1C[C@H](N(Cc2cc(C(F)(F)F)cc(C(F)(F)F)c2)c2ncc(-c3cnn(C)c3)cn2)CN1C1C=CC=CC1(Br)C(F)(F)F. The summed E-state index contributed by atoms with van der Waals surface area (Å²) in [6.45, 7) is 1.34. The first kappa shape index (κ1) is 33.9. The minimum absolute atomic E-state index is 0.000299. The molecule has 3 aromatic rings. The van der Waals surface area contributed by atoms with Crippen molar-refractivity contribution in [2.75, 3.05) is 11.4 Å². The van der Waals surface area contributed by atoms with E-state index in [0.717, 1.165) is 6.08 Å². The predicted molar refractivity (Wildman–Crippen MR) is 156 cm³/mol. The van der Waals surface area contributed by atoms with Crippen LogP contribution in [0.4, 0.5) is 45.5 Å². The molecule has 0 bridgehead atoms. The third-order valence-corrected chi connectivity index (χ3v) is 9.43. The summed E-state index contributed by atoms with van der Waals surface area (Å²) < 4.78 is 124. The van der Waals surface area contributed by atoms with Crippen LogP contribution < -0.4 is 4.90 Å². The van der Waals surface area contributed by atoms with Crippen molar-refractivity contribution in [1.29, 1.82) is 0 Å². The molecule has 3 heterocycles. The molecule has 0 amide bonds. The van der Waals surface area contributed by atoms with Crippen molar-refractivity contribution in [3.8, 4) is 11.1 Å². The molecule has 1 aromatic carbocycles. The molecule has 0 radical (unpaired) electrons. The van der Waals surface area contributed by atoms with Crippen LogP contribution >= 0.6 is 15.9 Å². The second kappa shape index (κ2) is 12.3. The van der Waals surface area contributed by atoms with Crippen molar-refractivity contribution in [2.45, 2.75) is 67.3 Å². The summed E-state index contributed by atoms with van der Waals surface area (Å²) in [6.07, 6.45) is -2.67. The molecule has 0 N–H and O–H groups in total. The molecule has 0 spiro atoms. The lowest BCUT2D eigenvalue weighted by atomic mass is 9.92. The third kappa shape index (κ3) is 6.82. The van der Waals surface area contributed by atoms with Gasteiger partial charge in [-0.3, -0.25) is 9.58 Å². The Kier molecular flexibility index (Phi) is 9.09. The number of hydrogen-bond acceptors (Lipinski definition) is 5. The Hall–Kier alpha value is -3.40. The number of nitrogens with zero attached hydrogens (tertiary/aromatic N) is 6. The third-order valence-electron chi connectivity index (χ3n) is 8.25. The minimum Gasteiger partial charge on any atom is -0.332 e. The molecule has 16 heteroatoms. The van der Waals surface area contributed by atoms with Gasteiger partial charge in [0.1, 0.15) is 0 Å². The van der Waals surface area contributed by atoms with Gasteiger partial charge in [0.2, 0.25) is 5.95 Å². The molecular weight excluding hydrogens is 695 g/mol. The summed E-state index contributed by atoms with van der Waals surface area (Å²) in [5.41, 5.74) is -2.03. The van der Waals surface area contributed by atoms with Crippen LogP contribution in [0, 0.1) is 0 Å². The number of aromatic nitrogens is 4. The molecule has 4 atom stereocenters. The summed E-state index contributed by atoms with van der Waals surface area (Å²) >= 11 is 2.93. The fourth-order valence-corrected chi connectivity index (χ4v) is 6.53. The largest absolute Gasteiger partial charge is 0.416 e. The zero-order valence-electron chi connectivity index (χ0n) is 24.4. The van der Waals surface area contributed by atoms with Crippen LogP contribution in [0.1, 0.15) is 36.5 Å². The molecule has 1 aliphatic carbocycles. The van der Waals surface area contributed by atoms with Crippen molar-refractivity contribution < 1.29 is 39.5 Å². The number of halogens is 10. The van der Waals surface area contributed by atoms with Crippen molar-refractivity contribution >= 4 is 21.9 Å². The van der Waals surface area contributed by atoms with E-state index in [0.29, 0.717) is 29.7 Å². The summed E-state index contributed by atoms with van der Waals surface area (Å²) in [5.74, 6) is 0.000299. The maximum absolute atomic E-state index is 14.3. The Bertz CT molecular complexity index is 1560. The van der Waals surface area contributed by atoms with Crippen LogP contribution in [0.25, 0.3) is 11.1 Å². The van der Waals surface area contributed by atoms with Gasteiger partial charge in [0.05, 0.1) is 23.4 Å². The summed E-state index contributed by atoms with van der Waals surface area (Å²) in [6, 6.07) is -0.922. The Labute approximate surface area is 266 Å². The molecule has 2 aliphatic rings. The highest BCUT2D eigenvalue weighted by Crippen LogP contribution is 2.47. The van der Waals surface area contributed by atoms with Gasteiger partial charge in [-0.15, -0.1) is 0 Å². The lowest BCUT2D eigenvalue weighted by Gasteiger charge is -2.42. The highest BCUT2D eigenvalue weighted by atomic mass is 79.9. The molecule has 248 valence electrons. The molecule has 6 nitrogen and oxygen atoms in total. The average molecular weight is 723 g/mol. The first-order valence-corrected chi connectivity index (χ1v) is 14.9. The van der Waals surface area contributed by atoms with Crippen LogP contribution in [-0.4, -0.2) is 59.8 Å². The molecule has 2 aromatic heterocycles. The van der Waals surface area contributed by atoms with E-state index < -0.39 is 58.7 Å². The zero-order valence-corrected chi connectivity index (χ0v) is 26.0. The van der Waals surface area contributed by atoms with Crippen LogP contribution in [0.2, 0.25) is 0 Å². The Morgan fingerprint density at radius 1 is 0.913 bits per heavy atom. The predicted octanol–water partition coefficient (Wildman–Crippen LogP) is 7.96. The van der Waals surface area contributed by atoms with E-state index in [1.54, 1.807) is 35.9 Å². The van der Waals surface area contributed by atoms with Crippen LogP contribution in [0.15, 0.2) is 67.3 Å². The van der Waals surface area contributed by atoms with Crippen molar-refractivity contribution in [2.24, 2.45) is 7.05 Å². The summed E-state index contributed by atoms with van der Waals surface area (Å²) in [7, 11) is 1.71. The van der Waals surface area contributed by atoms with Gasteiger partial charge in [-0.2, -0.15) is 44.6 Å². The first-order chi connectivity index (χ1) is 21.4. The van der Waals surface area contributed by atoms with Gasteiger partial charge in [0.25, 0.3) is 0 Å². The molecule has 2 unspecified atom stereocenters. The number of hydrogen-bond donors (Lipinski definition) is 0. The van der Waals surface area contributed by atoms with Gasteiger partial charge in [-0.1, -0.05) is 47.2 Å². The van der Waals surface area contributed by atoms with Crippen LogP contribution in [0.3, 0.4) is 0 Å². The Morgan fingerprint density at radius 2 is 1.54 bits per heavy atom. The second-order valence-corrected chi connectivity index (χ2v) is 12.6. The minimum atomic E-state index is -5.06. The maximum Gasteiger partial charge on any atom is 0.416 e. The first-order valence-electron chi connectivity index (χ1n) is 14.1. The molecule has 0 saturated carbocycles. The Morgan fingerprint density at radius 3 is 2.07 bits per heavy atom. The van der Waals surface area contributed by atoms with Crippen LogP contribution in [0.5, 0.6) is 0 Å². The lowest BCUT2D eigenvalue weighted by molar-refractivity contribution is -0.157. The normalized spacial score (nSPS) is 24.1.